The van der Waals surface area contributed by atoms with Gasteiger partial charge in [0.05, 0.1) is 39.8 Å². The molecule has 5 nitrogen and oxygen atoms in total. The molecule has 0 radical (unpaired) electrons. The van der Waals surface area contributed by atoms with Gasteiger partial charge in [-0.3, -0.25) is 4.57 Å². The summed E-state index contributed by atoms with van der Waals surface area (Å²) in [6.45, 7) is 14.1. The summed E-state index contributed by atoms with van der Waals surface area (Å²) < 4.78 is 21.8. The number of nitrogens with zero attached hydrogens (tertiary/aromatic N) is 2. The second-order valence-electron chi connectivity index (χ2n) is 4.17. The molecule has 0 aromatic carbocycles. The number of piperazine rings is 1. The Morgan fingerprint density at radius 3 is 1.89 bits per heavy atom. The van der Waals surface area contributed by atoms with Crippen molar-refractivity contribution in [2.24, 2.45) is 0 Å². The van der Waals surface area contributed by atoms with Crippen LogP contribution in [0.15, 0.2) is 0 Å². The van der Waals surface area contributed by atoms with Crippen molar-refractivity contribution in [3.8, 4) is 0 Å². The highest BCUT2D eigenvalue weighted by Gasteiger charge is 2.36. The zero-order valence-corrected chi connectivity index (χ0v) is 15.1. The van der Waals surface area contributed by atoms with E-state index in [1.54, 1.807) is 4.67 Å². The molecule has 0 bridgehead atoms. The van der Waals surface area contributed by atoms with Crippen molar-refractivity contribution in [2.45, 2.75) is 34.6 Å². The lowest BCUT2D eigenvalue weighted by Crippen LogP contribution is -3.11. The molecule has 1 saturated heterocycles. The molecule has 0 aromatic heterocycles. The number of hydrogen-bond acceptors (Lipinski definition) is 2. The zero-order valence-electron chi connectivity index (χ0n) is 14.2. The summed E-state index contributed by atoms with van der Waals surface area (Å²) in [5.41, 5.74) is 0. The molecule has 1 aliphatic rings. The second kappa shape index (κ2) is 11.9. The van der Waals surface area contributed by atoms with Gasteiger partial charge < -0.3 is 9.42 Å². The molecule has 0 aliphatic carbocycles. The van der Waals surface area contributed by atoms with E-state index in [2.05, 4.69) is 7.05 Å². The first-order chi connectivity index (χ1) is 9.00. The molecule has 0 aromatic rings. The summed E-state index contributed by atoms with van der Waals surface area (Å²) in [5, 5.41) is 0. The summed E-state index contributed by atoms with van der Waals surface area (Å²) in [6, 6.07) is 0. The molecule has 19 heavy (non-hydrogen) atoms. The van der Waals surface area contributed by atoms with E-state index in [1.165, 1.54) is 4.90 Å². The first kappa shape index (κ1) is 21.4. The Morgan fingerprint density at radius 1 is 1.16 bits per heavy atom. The first-order valence-corrected chi connectivity index (χ1v) is 9.03. The Bertz CT molecular complexity index is 242. The highest BCUT2D eigenvalue weighted by molar-refractivity contribution is 7.53. The minimum absolute atomic E-state index is 0.495. The fraction of sp³-hybridized carbons (Fsp3) is 1.00. The Kier molecular flexibility index (Phi) is 13.3. The number of quaternary nitrogens is 1. The summed E-state index contributed by atoms with van der Waals surface area (Å²) in [4.78, 5) is 1.49. The van der Waals surface area contributed by atoms with Gasteiger partial charge in [0, 0.05) is 0 Å². The number of rotatable bonds is 4. The van der Waals surface area contributed by atoms with Crippen molar-refractivity contribution in [1.82, 2.24) is 9.34 Å². The third-order valence-electron chi connectivity index (χ3n) is 2.75. The van der Waals surface area contributed by atoms with Gasteiger partial charge in [0.1, 0.15) is 0 Å². The molecule has 1 atom stereocenters. The van der Waals surface area contributed by atoms with Gasteiger partial charge in [-0.1, -0.05) is 27.7 Å². The van der Waals surface area contributed by atoms with E-state index in [1.807, 2.05) is 53.4 Å². The third-order valence-corrected chi connectivity index (χ3v) is 5.47. The van der Waals surface area contributed by atoms with Crippen LogP contribution in [-0.2, 0) is 9.09 Å². The average Bonchev–Trinajstić information content (AvgIpc) is 2.44. The van der Waals surface area contributed by atoms with Crippen LogP contribution in [0.4, 0.5) is 0 Å². The Hall–Kier alpha value is 0.0700. The molecule has 1 unspecified atom stereocenters. The van der Waals surface area contributed by atoms with Crippen LogP contribution in [0, 0.1) is 0 Å². The predicted molar refractivity (Wildman–Crippen MR) is 83.8 cm³/mol. The van der Waals surface area contributed by atoms with Gasteiger partial charge >= 0.3 is 7.67 Å². The fourth-order valence-corrected chi connectivity index (χ4v) is 3.69. The van der Waals surface area contributed by atoms with E-state index in [4.69, 9.17) is 4.52 Å². The van der Waals surface area contributed by atoms with Crippen molar-refractivity contribution in [3.63, 3.8) is 0 Å². The van der Waals surface area contributed by atoms with E-state index in [9.17, 15) is 4.57 Å². The van der Waals surface area contributed by atoms with Gasteiger partial charge in [-0.15, -0.1) is 0 Å². The van der Waals surface area contributed by atoms with Crippen LogP contribution in [-0.4, -0.2) is 63.3 Å². The topological polar surface area (TPSA) is 37.2 Å². The number of hydrogen-bond donors (Lipinski definition) is 1. The monoisotopic (exact) mass is 296 g/mol. The summed E-state index contributed by atoms with van der Waals surface area (Å²) in [7, 11) is 3.07. The van der Waals surface area contributed by atoms with Crippen molar-refractivity contribution in [3.05, 3.63) is 0 Å². The molecule has 1 rings (SSSR count). The van der Waals surface area contributed by atoms with E-state index in [0.717, 1.165) is 26.2 Å². The van der Waals surface area contributed by atoms with E-state index < -0.39 is 7.67 Å². The van der Waals surface area contributed by atoms with Crippen molar-refractivity contribution < 1.29 is 14.0 Å². The van der Waals surface area contributed by atoms with Crippen molar-refractivity contribution in [2.75, 3.05) is 53.9 Å². The fourth-order valence-electron chi connectivity index (χ4n) is 1.75. The Labute approximate surface area is 120 Å². The highest BCUT2D eigenvalue weighted by atomic mass is 31.2. The summed E-state index contributed by atoms with van der Waals surface area (Å²) in [5.74, 6) is 0. The average molecular weight is 296 g/mol. The van der Waals surface area contributed by atoms with E-state index >= 15 is 0 Å². The van der Waals surface area contributed by atoms with Crippen LogP contribution in [0.3, 0.4) is 0 Å². The van der Waals surface area contributed by atoms with Crippen LogP contribution >= 0.6 is 7.67 Å². The van der Waals surface area contributed by atoms with Gasteiger partial charge in [-0.2, -0.15) is 0 Å². The van der Waals surface area contributed by atoms with Crippen molar-refractivity contribution >= 4 is 7.67 Å². The molecule has 0 amide bonds. The summed E-state index contributed by atoms with van der Waals surface area (Å²) in [6.07, 6.45) is 0. The van der Waals surface area contributed by atoms with Gasteiger partial charge in [0.15, 0.2) is 0 Å². The smallest absolute Gasteiger partial charge is 0.335 e. The lowest BCUT2D eigenvalue weighted by Gasteiger charge is -2.37. The number of nitrogens with one attached hydrogen (secondary N) is 1. The second-order valence-corrected chi connectivity index (χ2v) is 6.77. The normalized spacial score (nSPS) is 19.8. The number of likely N-dealkylation sites (N-methyl/N-ethyl adjacent to an activating group) is 1. The summed E-state index contributed by atoms with van der Waals surface area (Å²) >= 11 is 0. The maximum Gasteiger partial charge on any atom is 0.345 e. The highest BCUT2D eigenvalue weighted by Crippen LogP contribution is 2.52. The molecule has 118 valence electrons. The van der Waals surface area contributed by atoms with Gasteiger partial charge in [0.2, 0.25) is 0 Å². The van der Waals surface area contributed by atoms with Crippen LogP contribution in [0.1, 0.15) is 34.6 Å². The molecule has 1 N–H and O–H groups in total. The third kappa shape index (κ3) is 6.87. The Morgan fingerprint density at radius 2 is 1.58 bits per heavy atom. The van der Waals surface area contributed by atoms with Gasteiger partial charge in [-0.25, -0.2) is 9.34 Å². The zero-order chi connectivity index (χ0) is 15.5. The van der Waals surface area contributed by atoms with E-state index in [-0.39, 0.29) is 0 Å². The maximum atomic E-state index is 12.6. The molecule has 0 spiro atoms. The maximum absolute atomic E-state index is 12.6. The largest absolute Gasteiger partial charge is 0.345 e. The SMILES string of the molecule is CC.CC.CCOP(=O)(N(C)C)N1CC[NH+](C)CC1. The minimum atomic E-state index is -2.74. The molecule has 1 heterocycles. The van der Waals surface area contributed by atoms with Crippen LogP contribution in [0.25, 0.3) is 0 Å². The van der Waals surface area contributed by atoms with Gasteiger partial charge in [0.25, 0.3) is 0 Å². The Balaban J connectivity index is 0. The van der Waals surface area contributed by atoms with Crippen LogP contribution in [0.5, 0.6) is 0 Å². The van der Waals surface area contributed by atoms with Gasteiger partial charge in [-0.05, 0) is 21.0 Å². The quantitative estimate of drug-likeness (QED) is 0.799. The molecule has 1 fully saturated rings. The van der Waals surface area contributed by atoms with Crippen molar-refractivity contribution in [1.29, 1.82) is 0 Å². The molecular weight excluding hydrogens is 261 g/mol. The minimum Gasteiger partial charge on any atom is -0.335 e. The molecule has 6 heteroatoms. The molecular formula is C13H35N3O2P+. The standard InChI is InChI=1S/C9H22N3O2P.2C2H6/c1-5-14-15(13,10(2)3)12-8-6-11(4)7-9-12;2*1-2/h5-9H2,1-4H3;2*1-2H3/p+1. The van der Waals surface area contributed by atoms with Crippen LogP contribution < -0.4 is 4.90 Å². The lowest BCUT2D eigenvalue weighted by atomic mass is 10.4. The lowest BCUT2D eigenvalue weighted by molar-refractivity contribution is -0.883. The van der Waals surface area contributed by atoms with Crippen LogP contribution in [0.2, 0.25) is 0 Å². The van der Waals surface area contributed by atoms with E-state index in [0.29, 0.717) is 6.61 Å². The molecule has 0 saturated carbocycles. The molecule has 1 aliphatic heterocycles. The first-order valence-electron chi connectivity index (χ1n) is 7.49. The predicted octanol–water partition coefficient (Wildman–Crippen LogP) is 1.58.